The minimum atomic E-state index is -0.972. The number of anilines is 1. The first-order valence-electron chi connectivity index (χ1n) is 11.9. The van der Waals surface area contributed by atoms with Crippen molar-refractivity contribution in [2.24, 2.45) is 5.92 Å². The molecule has 0 heterocycles. The van der Waals surface area contributed by atoms with Crippen LogP contribution in [0.15, 0.2) is 67.3 Å². The lowest BCUT2D eigenvalue weighted by molar-refractivity contribution is -0.141. The zero-order chi connectivity index (χ0) is 26.9. The van der Waals surface area contributed by atoms with Gasteiger partial charge in [-0.05, 0) is 56.5 Å². The van der Waals surface area contributed by atoms with Gasteiger partial charge in [-0.25, -0.2) is 4.79 Å². The lowest BCUT2D eigenvalue weighted by Gasteiger charge is -2.35. The van der Waals surface area contributed by atoms with Gasteiger partial charge >= 0.3 is 6.09 Å². The molecule has 2 aromatic rings. The Morgan fingerprint density at radius 2 is 1.64 bits per heavy atom. The van der Waals surface area contributed by atoms with Crippen LogP contribution >= 0.6 is 0 Å². The van der Waals surface area contributed by atoms with E-state index in [4.69, 9.17) is 9.47 Å². The summed E-state index contributed by atoms with van der Waals surface area (Å²) in [7, 11) is 1.56. The molecule has 0 saturated heterocycles. The van der Waals surface area contributed by atoms with Crippen molar-refractivity contribution in [1.82, 2.24) is 10.2 Å². The molecule has 0 fully saturated rings. The average Bonchev–Trinajstić information content (AvgIpc) is 2.81. The van der Waals surface area contributed by atoms with Gasteiger partial charge in [0.1, 0.15) is 23.4 Å². The van der Waals surface area contributed by atoms with Crippen molar-refractivity contribution in [3.8, 4) is 5.75 Å². The zero-order valence-corrected chi connectivity index (χ0v) is 21.9. The molecule has 2 rings (SSSR count). The summed E-state index contributed by atoms with van der Waals surface area (Å²) >= 11 is 0. The van der Waals surface area contributed by atoms with E-state index >= 15 is 0 Å². The van der Waals surface area contributed by atoms with Gasteiger partial charge in [-0.3, -0.25) is 9.59 Å². The summed E-state index contributed by atoms with van der Waals surface area (Å²) in [5.41, 5.74) is 0.457. The number of nitrogens with one attached hydrogen (secondary N) is 2. The molecule has 36 heavy (non-hydrogen) atoms. The maximum Gasteiger partial charge on any atom is 0.408 e. The third-order valence-corrected chi connectivity index (χ3v) is 5.25. The predicted octanol–water partition coefficient (Wildman–Crippen LogP) is 4.94. The van der Waals surface area contributed by atoms with Gasteiger partial charge in [0.25, 0.3) is 5.91 Å². The number of ether oxygens (including phenoxy) is 2. The van der Waals surface area contributed by atoms with Gasteiger partial charge in [-0.1, -0.05) is 50.3 Å². The lowest BCUT2D eigenvalue weighted by atomic mass is 9.99. The van der Waals surface area contributed by atoms with Crippen molar-refractivity contribution < 1.29 is 23.9 Å². The SMILES string of the molecule is C=CCN(C(=O)C(NC(=O)OC(C)(C)C)C(C)C)C(C(=O)Nc1ccc(OC)cc1)c1ccccc1. The fourth-order valence-electron chi connectivity index (χ4n) is 3.58. The fourth-order valence-corrected chi connectivity index (χ4v) is 3.58. The maximum atomic E-state index is 13.8. The molecule has 0 aliphatic heterocycles. The summed E-state index contributed by atoms with van der Waals surface area (Å²) in [5, 5.41) is 5.58. The molecule has 0 aliphatic rings. The standard InChI is InChI=1S/C28H37N3O5/c1-8-18-31(26(33)23(19(2)3)30-27(34)36-28(4,5)6)24(20-12-10-9-11-13-20)25(32)29-21-14-16-22(35-7)17-15-21/h8-17,19,23-24H,1,18H2,2-7H3,(H,29,32)(H,30,34). The highest BCUT2D eigenvalue weighted by Gasteiger charge is 2.37. The average molecular weight is 496 g/mol. The van der Waals surface area contributed by atoms with Gasteiger partial charge in [0.15, 0.2) is 0 Å². The molecule has 0 spiro atoms. The Hall–Kier alpha value is -3.81. The highest BCUT2D eigenvalue weighted by molar-refractivity contribution is 5.99. The number of nitrogens with zero attached hydrogens (tertiary/aromatic N) is 1. The maximum absolute atomic E-state index is 13.8. The second-order valence-electron chi connectivity index (χ2n) is 9.68. The second-order valence-corrected chi connectivity index (χ2v) is 9.68. The van der Waals surface area contributed by atoms with Gasteiger partial charge in [-0.15, -0.1) is 6.58 Å². The number of carbonyl (C=O) groups is 3. The van der Waals surface area contributed by atoms with E-state index in [2.05, 4.69) is 17.2 Å². The minimum Gasteiger partial charge on any atom is -0.497 e. The molecule has 2 N–H and O–H groups in total. The molecular formula is C28H37N3O5. The number of carbonyl (C=O) groups excluding carboxylic acids is 3. The molecule has 0 aromatic heterocycles. The number of alkyl carbamates (subject to hydrolysis) is 1. The number of rotatable bonds is 10. The predicted molar refractivity (Wildman–Crippen MR) is 141 cm³/mol. The molecule has 0 bridgehead atoms. The van der Waals surface area contributed by atoms with Crippen LogP contribution in [0.3, 0.4) is 0 Å². The summed E-state index contributed by atoms with van der Waals surface area (Å²) < 4.78 is 10.5. The first-order chi connectivity index (χ1) is 17.0. The van der Waals surface area contributed by atoms with E-state index in [-0.39, 0.29) is 12.5 Å². The van der Waals surface area contributed by atoms with E-state index in [1.165, 1.54) is 4.90 Å². The lowest BCUT2D eigenvalue weighted by Crippen LogP contribution is -2.54. The quantitative estimate of drug-likeness (QED) is 0.455. The Labute approximate surface area is 213 Å². The fraction of sp³-hybridized carbons (Fsp3) is 0.393. The summed E-state index contributed by atoms with van der Waals surface area (Å²) in [4.78, 5) is 41.4. The van der Waals surface area contributed by atoms with E-state index in [1.807, 2.05) is 19.9 Å². The Morgan fingerprint density at radius 3 is 2.14 bits per heavy atom. The molecular weight excluding hydrogens is 458 g/mol. The highest BCUT2D eigenvalue weighted by Crippen LogP contribution is 2.26. The minimum absolute atomic E-state index is 0.0909. The van der Waals surface area contributed by atoms with Gasteiger partial charge in [0.2, 0.25) is 5.91 Å². The highest BCUT2D eigenvalue weighted by atomic mass is 16.6. The van der Waals surface area contributed by atoms with Crippen molar-refractivity contribution in [3.05, 3.63) is 72.8 Å². The van der Waals surface area contributed by atoms with Crippen molar-refractivity contribution in [2.45, 2.75) is 52.3 Å². The van der Waals surface area contributed by atoms with Crippen molar-refractivity contribution in [3.63, 3.8) is 0 Å². The van der Waals surface area contributed by atoms with Crippen molar-refractivity contribution in [1.29, 1.82) is 0 Å². The van der Waals surface area contributed by atoms with Crippen LogP contribution < -0.4 is 15.4 Å². The molecule has 2 aromatic carbocycles. The van der Waals surface area contributed by atoms with Crippen molar-refractivity contribution in [2.75, 3.05) is 19.0 Å². The first-order valence-corrected chi connectivity index (χ1v) is 11.9. The van der Waals surface area contributed by atoms with Gasteiger partial charge in [0.05, 0.1) is 7.11 Å². The Morgan fingerprint density at radius 1 is 1.03 bits per heavy atom. The topological polar surface area (TPSA) is 97.0 Å². The zero-order valence-electron chi connectivity index (χ0n) is 21.9. The third kappa shape index (κ3) is 8.15. The van der Waals surface area contributed by atoms with Crippen LogP contribution in [0.25, 0.3) is 0 Å². The van der Waals surface area contributed by atoms with E-state index in [9.17, 15) is 14.4 Å². The van der Waals surface area contributed by atoms with Crippen LogP contribution in [0.1, 0.15) is 46.2 Å². The molecule has 2 unspecified atom stereocenters. The van der Waals surface area contributed by atoms with Crippen LogP contribution in [0.4, 0.5) is 10.5 Å². The molecule has 2 atom stereocenters. The monoisotopic (exact) mass is 495 g/mol. The Kier molecular flexibility index (Phi) is 10.1. The summed E-state index contributed by atoms with van der Waals surface area (Å²) in [6, 6.07) is 14.0. The normalized spacial score (nSPS) is 12.8. The summed E-state index contributed by atoms with van der Waals surface area (Å²) in [6.07, 6.45) is 0.853. The first kappa shape index (κ1) is 28.4. The van der Waals surface area contributed by atoms with Crippen LogP contribution in [-0.4, -0.2) is 48.1 Å². The number of hydrogen-bond acceptors (Lipinski definition) is 5. The molecule has 8 nitrogen and oxygen atoms in total. The summed E-state index contributed by atoms with van der Waals surface area (Å²) in [6.45, 7) is 12.8. The van der Waals surface area contributed by atoms with E-state index in [1.54, 1.807) is 82.5 Å². The molecule has 3 amide bonds. The molecule has 8 heteroatoms. The Bertz CT molecular complexity index is 1030. The number of methoxy groups -OCH3 is 1. The van der Waals surface area contributed by atoms with E-state index < -0.39 is 35.6 Å². The largest absolute Gasteiger partial charge is 0.497 e. The number of benzene rings is 2. The van der Waals surface area contributed by atoms with Crippen LogP contribution in [0.2, 0.25) is 0 Å². The molecule has 0 radical (unpaired) electrons. The van der Waals surface area contributed by atoms with Gasteiger partial charge < -0.3 is 25.0 Å². The number of amides is 3. The Balaban J connectivity index is 2.42. The van der Waals surface area contributed by atoms with Gasteiger partial charge in [0, 0.05) is 12.2 Å². The van der Waals surface area contributed by atoms with Gasteiger partial charge in [-0.2, -0.15) is 0 Å². The molecule has 194 valence electrons. The van der Waals surface area contributed by atoms with Crippen LogP contribution in [0.5, 0.6) is 5.75 Å². The smallest absolute Gasteiger partial charge is 0.408 e. The van der Waals surface area contributed by atoms with E-state index in [0.717, 1.165) is 0 Å². The third-order valence-electron chi connectivity index (χ3n) is 5.25. The van der Waals surface area contributed by atoms with E-state index in [0.29, 0.717) is 17.0 Å². The second kappa shape index (κ2) is 12.8. The van der Waals surface area contributed by atoms with Crippen LogP contribution in [0, 0.1) is 5.92 Å². The summed E-state index contributed by atoms with van der Waals surface area (Å²) in [5.74, 6) is -0.432. The number of hydrogen-bond donors (Lipinski definition) is 2. The molecule has 0 saturated carbocycles. The van der Waals surface area contributed by atoms with Crippen molar-refractivity contribution >= 4 is 23.6 Å². The van der Waals surface area contributed by atoms with Crippen LogP contribution in [-0.2, 0) is 14.3 Å². The molecule has 0 aliphatic carbocycles.